The van der Waals surface area contributed by atoms with Crippen molar-refractivity contribution in [3.05, 3.63) is 33.9 Å². The normalized spacial score (nSPS) is 14.8. The summed E-state index contributed by atoms with van der Waals surface area (Å²) < 4.78 is 39.9. The molecule has 10 heteroatoms. The van der Waals surface area contributed by atoms with Crippen LogP contribution in [0.5, 0.6) is 11.5 Å². The molecule has 1 aromatic rings. The summed E-state index contributed by atoms with van der Waals surface area (Å²) in [6, 6.07) is 2.00. The Balaban J connectivity index is 1.90. The van der Waals surface area contributed by atoms with E-state index in [9.17, 15) is 23.7 Å². The molecule has 2 rings (SSSR count). The summed E-state index contributed by atoms with van der Waals surface area (Å²) in [5.74, 6) is -1.01. The number of nitrogens with zero attached hydrogens (tertiary/aromatic N) is 1. The van der Waals surface area contributed by atoms with Crippen molar-refractivity contribution in [2.45, 2.75) is 51.2 Å². The Kier molecular flexibility index (Phi) is 9.46. The molecular formula is C20H26F2N2O6. The van der Waals surface area contributed by atoms with Gasteiger partial charge in [0.15, 0.2) is 11.5 Å². The number of hydrogen-bond donors (Lipinski definition) is 1. The van der Waals surface area contributed by atoms with E-state index in [-0.39, 0.29) is 11.3 Å². The van der Waals surface area contributed by atoms with Crippen LogP contribution < -0.4 is 14.8 Å². The van der Waals surface area contributed by atoms with Gasteiger partial charge in [0.05, 0.1) is 29.8 Å². The molecule has 1 aromatic carbocycles. The van der Waals surface area contributed by atoms with Crippen LogP contribution in [0.15, 0.2) is 18.2 Å². The monoisotopic (exact) mass is 428 g/mol. The van der Waals surface area contributed by atoms with Crippen molar-refractivity contribution in [2.75, 3.05) is 20.3 Å². The largest absolute Gasteiger partial charge is 0.493 e. The number of alkyl halides is 2. The second-order valence-electron chi connectivity index (χ2n) is 6.81. The maximum Gasteiger partial charge on any atom is 0.387 e. The van der Waals surface area contributed by atoms with Crippen LogP contribution in [0, 0.1) is 10.1 Å². The predicted molar refractivity (Wildman–Crippen MR) is 106 cm³/mol. The summed E-state index contributed by atoms with van der Waals surface area (Å²) in [5.41, 5.74) is -0.467. The number of halogens is 2. The summed E-state index contributed by atoms with van der Waals surface area (Å²) in [4.78, 5) is 22.5. The van der Waals surface area contributed by atoms with Crippen molar-refractivity contribution in [1.29, 1.82) is 0 Å². The molecule has 0 aliphatic heterocycles. The van der Waals surface area contributed by atoms with Crippen molar-refractivity contribution in [3.8, 4) is 11.5 Å². The number of rotatable bonds is 11. The first-order chi connectivity index (χ1) is 14.4. The highest BCUT2D eigenvalue weighted by Crippen LogP contribution is 2.36. The summed E-state index contributed by atoms with van der Waals surface area (Å²) in [6.45, 7) is -2.20. The molecule has 1 aliphatic rings. The zero-order chi connectivity index (χ0) is 21.9. The van der Waals surface area contributed by atoms with E-state index in [1.807, 2.05) is 0 Å². The van der Waals surface area contributed by atoms with E-state index in [2.05, 4.69) is 10.1 Å². The van der Waals surface area contributed by atoms with Gasteiger partial charge in [0.25, 0.3) is 5.69 Å². The maximum atomic E-state index is 12.5. The van der Waals surface area contributed by atoms with Crippen LogP contribution >= 0.6 is 0 Å². The fourth-order valence-corrected chi connectivity index (χ4v) is 3.19. The van der Waals surface area contributed by atoms with E-state index >= 15 is 0 Å². The molecule has 166 valence electrons. The molecule has 0 atom stereocenters. The molecule has 0 spiro atoms. The van der Waals surface area contributed by atoms with Gasteiger partial charge in [-0.05, 0) is 31.4 Å². The van der Waals surface area contributed by atoms with Crippen molar-refractivity contribution in [1.82, 2.24) is 5.32 Å². The highest BCUT2D eigenvalue weighted by Gasteiger charge is 2.20. The lowest BCUT2D eigenvalue weighted by Crippen LogP contribution is -2.24. The molecule has 8 nitrogen and oxygen atoms in total. The number of methoxy groups -OCH3 is 1. The topological polar surface area (TPSA) is 99.9 Å². The molecule has 1 saturated carbocycles. The molecule has 30 heavy (non-hydrogen) atoms. The predicted octanol–water partition coefficient (Wildman–Crippen LogP) is 4.07. The number of hydrogen-bond acceptors (Lipinski definition) is 6. The van der Waals surface area contributed by atoms with Gasteiger partial charge in [-0.3, -0.25) is 14.9 Å². The van der Waals surface area contributed by atoms with Crippen LogP contribution in [0.25, 0.3) is 6.08 Å². The average Bonchev–Trinajstić information content (AvgIpc) is 2.72. The SMILES string of the molecule is COc1cc(C=CC(=O)NCCCOC2CCCCC2)c([N+](=O)[O-])cc1OC(F)F. The van der Waals surface area contributed by atoms with E-state index in [4.69, 9.17) is 9.47 Å². The van der Waals surface area contributed by atoms with Crippen LogP contribution in [-0.4, -0.2) is 43.8 Å². The fraction of sp³-hybridized carbons (Fsp3) is 0.550. The van der Waals surface area contributed by atoms with Crippen LogP contribution in [0.4, 0.5) is 14.5 Å². The molecule has 0 radical (unpaired) electrons. The Labute approximate surface area is 173 Å². The lowest BCUT2D eigenvalue weighted by atomic mass is 9.98. The van der Waals surface area contributed by atoms with Gasteiger partial charge in [0.2, 0.25) is 5.91 Å². The number of ether oxygens (including phenoxy) is 3. The number of nitro groups is 1. The number of nitro benzene ring substituents is 1. The molecule has 1 aliphatic carbocycles. The van der Waals surface area contributed by atoms with Crippen LogP contribution in [0.2, 0.25) is 0 Å². The van der Waals surface area contributed by atoms with Gasteiger partial charge in [-0.15, -0.1) is 0 Å². The fourth-order valence-electron chi connectivity index (χ4n) is 3.19. The van der Waals surface area contributed by atoms with Gasteiger partial charge in [-0.25, -0.2) is 0 Å². The van der Waals surface area contributed by atoms with Crippen molar-refractivity contribution in [2.24, 2.45) is 0 Å². The first-order valence-corrected chi connectivity index (χ1v) is 9.79. The van der Waals surface area contributed by atoms with E-state index < -0.39 is 28.9 Å². The van der Waals surface area contributed by atoms with Gasteiger partial charge in [-0.2, -0.15) is 8.78 Å². The molecule has 0 saturated heterocycles. The lowest BCUT2D eigenvalue weighted by Gasteiger charge is -2.21. The average molecular weight is 428 g/mol. The second-order valence-corrected chi connectivity index (χ2v) is 6.81. The van der Waals surface area contributed by atoms with E-state index in [0.29, 0.717) is 25.7 Å². The Bertz CT molecular complexity index is 751. The zero-order valence-electron chi connectivity index (χ0n) is 16.8. The van der Waals surface area contributed by atoms with Gasteiger partial charge in [0, 0.05) is 19.2 Å². The number of benzene rings is 1. The highest BCUT2D eigenvalue weighted by atomic mass is 19.3. The minimum atomic E-state index is -3.16. The van der Waals surface area contributed by atoms with Crippen molar-refractivity contribution < 1.29 is 32.7 Å². The third-order valence-corrected chi connectivity index (χ3v) is 4.67. The van der Waals surface area contributed by atoms with Crippen molar-refractivity contribution in [3.63, 3.8) is 0 Å². The number of nitrogens with one attached hydrogen (secondary N) is 1. The van der Waals surface area contributed by atoms with E-state index in [0.717, 1.165) is 31.1 Å². The molecule has 0 heterocycles. The Morgan fingerprint density at radius 3 is 2.67 bits per heavy atom. The summed E-state index contributed by atoms with van der Waals surface area (Å²) in [5, 5.41) is 13.9. The third-order valence-electron chi connectivity index (χ3n) is 4.67. The third kappa shape index (κ3) is 7.58. The number of amides is 1. The van der Waals surface area contributed by atoms with Gasteiger partial charge >= 0.3 is 6.61 Å². The van der Waals surface area contributed by atoms with Gasteiger partial charge < -0.3 is 19.5 Å². The van der Waals surface area contributed by atoms with Crippen molar-refractivity contribution >= 4 is 17.7 Å². The maximum absolute atomic E-state index is 12.5. The molecule has 1 N–H and O–H groups in total. The summed E-state index contributed by atoms with van der Waals surface area (Å²) in [7, 11) is 1.22. The Hall–Kier alpha value is -2.75. The van der Waals surface area contributed by atoms with Crippen LogP contribution in [0.1, 0.15) is 44.1 Å². The summed E-state index contributed by atoms with van der Waals surface area (Å²) >= 11 is 0. The smallest absolute Gasteiger partial charge is 0.387 e. The highest BCUT2D eigenvalue weighted by molar-refractivity contribution is 5.92. The molecule has 0 bridgehead atoms. The lowest BCUT2D eigenvalue weighted by molar-refractivity contribution is -0.385. The minimum Gasteiger partial charge on any atom is -0.493 e. The number of carbonyl (C=O) groups is 1. The molecule has 0 aromatic heterocycles. The molecule has 1 amide bonds. The van der Waals surface area contributed by atoms with Crippen LogP contribution in [0.3, 0.4) is 0 Å². The molecular weight excluding hydrogens is 402 g/mol. The Morgan fingerprint density at radius 2 is 2.03 bits per heavy atom. The van der Waals surface area contributed by atoms with E-state index in [1.165, 1.54) is 32.4 Å². The standard InChI is InChI=1S/C20H26F2N2O6/c1-28-17-12-14(16(24(26)27)13-18(17)30-20(21)22)8-9-19(25)23-10-5-11-29-15-6-3-2-4-7-15/h8-9,12-13,15,20H,2-7,10-11H2,1H3,(H,23,25). The first kappa shape index (κ1) is 23.5. The second kappa shape index (κ2) is 12.1. The zero-order valence-corrected chi connectivity index (χ0v) is 16.8. The quantitative estimate of drug-likeness (QED) is 0.247. The molecule has 1 fully saturated rings. The number of carbonyl (C=O) groups excluding carboxylic acids is 1. The Morgan fingerprint density at radius 1 is 1.30 bits per heavy atom. The van der Waals surface area contributed by atoms with Gasteiger partial charge in [-0.1, -0.05) is 19.3 Å². The molecule has 0 unspecified atom stereocenters. The van der Waals surface area contributed by atoms with Gasteiger partial charge in [0.1, 0.15) is 0 Å². The minimum absolute atomic E-state index is 0.0225. The van der Waals surface area contributed by atoms with E-state index in [1.54, 1.807) is 0 Å². The first-order valence-electron chi connectivity index (χ1n) is 9.79. The summed E-state index contributed by atoms with van der Waals surface area (Å²) in [6.07, 6.45) is 9.13. The van der Waals surface area contributed by atoms with Crippen LogP contribution in [-0.2, 0) is 9.53 Å².